The van der Waals surface area contributed by atoms with Crippen LogP contribution in [0.1, 0.15) is 19.4 Å². The quantitative estimate of drug-likeness (QED) is 0.727. The van der Waals surface area contributed by atoms with Gasteiger partial charge in [0.1, 0.15) is 0 Å². The average molecular weight is 306 g/mol. The molecule has 0 atom stereocenters. The Balaban J connectivity index is 2.78. The lowest BCUT2D eigenvalue weighted by Gasteiger charge is -2.18. The molecule has 4 nitrogen and oxygen atoms in total. The third-order valence-electron chi connectivity index (χ3n) is 2.62. The Kier molecular flexibility index (Phi) is 6.26. The predicted octanol–water partition coefficient (Wildman–Crippen LogP) is 2.47. The van der Waals surface area contributed by atoms with E-state index in [1.165, 1.54) is 4.31 Å². The minimum Gasteiger partial charge on any atom is -0.377 e. The molecule has 0 fully saturated rings. The van der Waals surface area contributed by atoms with Crippen LogP contribution in [0.3, 0.4) is 0 Å². The number of likely N-dealkylation sites (N-methyl/N-ethyl adjacent to an activating group) is 1. The highest BCUT2D eigenvalue weighted by Crippen LogP contribution is 2.16. The Morgan fingerprint density at radius 3 is 2.63 bits per heavy atom. The number of halogens is 1. The topological polar surface area (TPSA) is 46.6 Å². The monoisotopic (exact) mass is 305 g/mol. The fraction of sp³-hybridized carbons (Fsp3) is 0.538. The molecule has 0 amide bonds. The van der Waals surface area contributed by atoms with Crippen molar-refractivity contribution in [3.8, 4) is 0 Å². The van der Waals surface area contributed by atoms with E-state index >= 15 is 0 Å². The van der Waals surface area contributed by atoms with E-state index in [0.29, 0.717) is 19.0 Å². The second-order valence-electron chi connectivity index (χ2n) is 4.53. The summed E-state index contributed by atoms with van der Waals surface area (Å²) in [5.74, 6) is 0.295. The molecule has 1 rings (SSSR count). The van der Waals surface area contributed by atoms with Gasteiger partial charge in [0.05, 0.1) is 17.6 Å². The molecule has 0 aliphatic carbocycles. The van der Waals surface area contributed by atoms with Gasteiger partial charge >= 0.3 is 0 Å². The Labute approximate surface area is 120 Å². The maximum absolute atomic E-state index is 12.3. The number of hydrogen-bond donors (Lipinski definition) is 0. The predicted molar refractivity (Wildman–Crippen MR) is 76.9 cm³/mol. The van der Waals surface area contributed by atoms with Crippen LogP contribution in [0.25, 0.3) is 0 Å². The summed E-state index contributed by atoms with van der Waals surface area (Å²) in [5.41, 5.74) is 0.787. The molecular weight excluding hydrogens is 286 g/mol. The van der Waals surface area contributed by atoms with Crippen molar-refractivity contribution in [3.63, 3.8) is 0 Å². The molecule has 0 heterocycles. The summed E-state index contributed by atoms with van der Waals surface area (Å²) in [6, 6.07) is 6.67. The number of alkyl halides is 1. The van der Waals surface area contributed by atoms with Crippen molar-refractivity contribution in [1.29, 1.82) is 0 Å². The lowest BCUT2D eigenvalue weighted by Crippen LogP contribution is -2.31. The van der Waals surface area contributed by atoms with Crippen LogP contribution in [0.5, 0.6) is 0 Å². The largest absolute Gasteiger partial charge is 0.377 e. The smallest absolute Gasteiger partial charge is 0.242 e. The molecule has 6 heteroatoms. The summed E-state index contributed by atoms with van der Waals surface area (Å²) in [7, 11) is -1.93. The first-order valence-corrected chi connectivity index (χ1v) is 8.08. The van der Waals surface area contributed by atoms with Gasteiger partial charge in [0.2, 0.25) is 10.0 Å². The first-order chi connectivity index (χ1) is 8.87. The number of benzene rings is 1. The van der Waals surface area contributed by atoms with E-state index in [9.17, 15) is 8.42 Å². The molecule has 0 bridgehead atoms. The second-order valence-corrected chi connectivity index (χ2v) is 6.84. The van der Waals surface area contributed by atoms with Gasteiger partial charge in [-0.05, 0) is 31.5 Å². The molecule has 1 aromatic carbocycles. The molecular formula is C13H20ClNO3S. The number of hydrogen-bond acceptors (Lipinski definition) is 3. The molecule has 0 radical (unpaired) electrons. The molecule has 0 spiro atoms. The molecule has 0 saturated heterocycles. The lowest BCUT2D eigenvalue weighted by molar-refractivity contribution is 0.0737. The van der Waals surface area contributed by atoms with Crippen molar-refractivity contribution >= 4 is 21.6 Å². The SMILES string of the molecule is CC(C)OCCN(C)S(=O)(=O)c1cccc(CCl)c1. The van der Waals surface area contributed by atoms with Crippen LogP contribution in [0.4, 0.5) is 0 Å². The summed E-state index contributed by atoms with van der Waals surface area (Å²) in [4.78, 5) is 0.262. The lowest BCUT2D eigenvalue weighted by atomic mass is 10.2. The number of sulfonamides is 1. The minimum atomic E-state index is -3.47. The Bertz CT molecular complexity index is 502. The molecule has 108 valence electrons. The summed E-state index contributed by atoms with van der Waals surface area (Å²) in [6.07, 6.45) is 0.0932. The van der Waals surface area contributed by atoms with Gasteiger partial charge in [-0.25, -0.2) is 8.42 Å². The molecule has 0 aliphatic heterocycles. The first kappa shape index (κ1) is 16.4. The highest BCUT2D eigenvalue weighted by molar-refractivity contribution is 7.89. The number of nitrogens with zero attached hydrogens (tertiary/aromatic N) is 1. The highest BCUT2D eigenvalue weighted by atomic mass is 35.5. The van der Waals surface area contributed by atoms with Gasteiger partial charge in [-0.15, -0.1) is 11.6 Å². The van der Waals surface area contributed by atoms with Gasteiger partial charge in [-0.3, -0.25) is 0 Å². The molecule has 0 N–H and O–H groups in total. The molecule has 0 unspecified atom stereocenters. The van der Waals surface area contributed by atoms with Crippen LogP contribution in [-0.4, -0.2) is 39.0 Å². The Morgan fingerprint density at radius 1 is 1.37 bits per heavy atom. The molecule has 0 aliphatic rings. The van der Waals surface area contributed by atoms with E-state index in [4.69, 9.17) is 16.3 Å². The number of rotatable bonds is 7. The summed E-state index contributed by atoms with van der Waals surface area (Å²) in [6.45, 7) is 4.53. The van der Waals surface area contributed by atoms with Crippen LogP contribution in [-0.2, 0) is 20.6 Å². The van der Waals surface area contributed by atoms with Gasteiger partial charge in [0.25, 0.3) is 0 Å². The molecule has 19 heavy (non-hydrogen) atoms. The zero-order valence-corrected chi connectivity index (χ0v) is 13.0. The maximum Gasteiger partial charge on any atom is 0.242 e. The first-order valence-electron chi connectivity index (χ1n) is 6.10. The summed E-state index contributed by atoms with van der Waals surface area (Å²) in [5, 5.41) is 0. The Hall–Kier alpha value is -0.620. The number of ether oxygens (including phenoxy) is 1. The molecule has 0 saturated carbocycles. The van der Waals surface area contributed by atoms with Crippen molar-refractivity contribution in [2.24, 2.45) is 0 Å². The third-order valence-corrected chi connectivity index (χ3v) is 4.78. The van der Waals surface area contributed by atoms with Gasteiger partial charge < -0.3 is 4.74 Å². The highest BCUT2D eigenvalue weighted by Gasteiger charge is 2.20. The zero-order valence-electron chi connectivity index (χ0n) is 11.5. The van der Waals surface area contributed by atoms with Gasteiger partial charge in [-0.1, -0.05) is 12.1 Å². The van der Waals surface area contributed by atoms with E-state index in [1.807, 2.05) is 13.8 Å². The van der Waals surface area contributed by atoms with Crippen LogP contribution >= 0.6 is 11.6 Å². The van der Waals surface area contributed by atoms with E-state index < -0.39 is 10.0 Å². The van der Waals surface area contributed by atoms with Gasteiger partial charge in [0, 0.05) is 19.5 Å². The average Bonchev–Trinajstić information content (AvgIpc) is 2.38. The maximum atomic E-state index is 12.3. The fourth-order valence-corrected chi connectivity index (χ4v) is 2.90. The summed E-state index contributed by atoms with van der Waals surface area (Å²) >= 11 is 5.72. The van der Waals surface area contributed by atoms with Crippen LogP contribution in [0.15, 0.2) is 29.2 Å². The normalized spacial score (nSPS) is 12.3. The van der Waals surface area contributed by atoms with Crippen LogP contribution in [0.2, 0.25) is 0 Å². The third kappa shape index (κ3) is 4.76. The van der Waals surface area contributed by atoms with Crippen molar-refractivity contribution in [2.45, 2.75) is 30.7 Å². The Morgan fingerprint density at radius 2 is 2.05 bits per heavy atom. The van der Waals surface area contributed by atoms with Crippen LogP contribution in [0, 0.1) is 0 Å². The fourth-order valence-electron chi connectivity index (χ4n) is 1.51. The van der Waals surface area contributed by atoms with E-state index in [2.05, 4.69) is 0 Å². The molecule has 0 aromatic heterocycles. The van der Waals surface area contributed by atoms with Crippen molar-refractivity contribution in [2.75, 3.05) is 20.2 Å². The van der Waals surface area contributed by atoms with Crippen LogP contribution < -0.4 is 0 Å². The zero-order chi connectivity index (χ0) is 14.5. The van der Waals surface area contributed by atoms with Crippen molar-refractivity contribution < 1.29 is 13.2 Å². The van der Waals surface area contributed by atoms with E-state index in [-0.39, 0.29) is 11.0 Å². The second kappa shape index (κ2) is 7.24. The molecule has 1 aromatic rings. The van der Waals surface area contributed by atoms with Gasteiger partial charge in [-0.2, -0.15) is 4.31 Å². The standard InChI is InChI=1S/C13H20ClNO3S/c1-11(2)18-8-7-15(3)19(16,17)13-6-4-5-12(9-13)10-14/h4-6,9,11H,7-8,10H2,1-3H3. The van der Waals surface area contributed by atoms with Crippen molar-refractivity contribution in [3.05, 3.63) is 29.8 Å². The minimum absolute atomic E-state index is 0.0932. The van der Waals surface area contributed by atoms with Gasteiger partial charge in [0.15, 0.2) is 0 Å². The van der Waals surface area contributed by atoms with E-state index in [1.54, 1.807) is 31.3 Å². The van der Waals surface area contributed by atoms with Crippen molar-refractivity contribution in [1.82, 2.24) is 4.31 Å². The van der Waals surface area contributed by atoms with E-state index in [0.717, 1.165) is 5.56 Å². The summed E-state index contributed by atoms with van der Waals surface area (Å²) < 4.78 is 31.3.